The van der Waals surface area contributed by atoms with E-state index in [1.165, 1.54) is 0 Å². The van der Waals surface area contributed by atoms with Crippen LogP contribution in [-0.2, 0) is 9.53 Å². The number of rotatable bonds is 8. The van der Waals surface area contributed by atoms with Crippen LogP contribution in [0.1, 0.15) is 51.9 Å². The highest BCUT2D eigenvalue weighted by atomic mass is 35.5. The number of carbonyl (C=O) groups is 1. The molecule has 0 radical (unpaired) electrons. The molecule has 1 rings (SSSR count). The number of nitrogens with one attached hydrogen (secondary N) is 1. The Morgan fingerprint density at radius 2 is 2.33 bits per heavy atom. The van der Waals surface area contributed by atoms with E-state index in [9.17, 15) is 4.79 Å². The van der Waals surface area contributed by atoms with Crippen LogP contribution in [0.4, 0.5) is 0 Å². The summed E-state index contributed by atoms with van der Waals surface area (Å²) in [5.74, 6) is 0.118. The van der Waals surface area contributed by atoms with Gasteiger partial charge in [-0.2, -0.15) is 0 Å². The predicted molar refractivity (Wildman–Crippen MR) is 76.0 cm³/mol. The van der Waals surface area contributed by atoms with Gasteiger partial charge >= 0.3 is 0 Å². The van der Waals surface area contributed by atoms with Gasteiger partial charge in [0.25, 0.3) is 0 Å². The molecule has 2 unspecified atom stereocenters. The van der Waals surface area contributed by atoms with Crippen LogP contribution in [0.2, 0.25) is 0 Å². The van der Waals surface area contributed by atoms with E-state index >= 15 is 0 Å². The first kappa shape index (κ1) is 17.7. The molecule has 0 aromatic rings. The molecule has 0 bridgehead atoms. The molecule has 5 heteroatoms. The highest BCUT2D eigenvalue weighted by molar-refractivity contribution is 5.85. The Hall–Kier alpha value is -0.320. The van der Waals surface area contributed by atoms with Crippen molar-refractivity contribution in [3.8, 4) is 0 Å². The number of ether oxygens (including phenoxy) is 1. The largest absolute Gasteiger partial charge is 0.378 e. The molecule has 0 saturated carbocycles. The molecular formula is C13H27ClN2O2. The van der Waals surface area contributed by atoms with Crippen molar-refractivity contribution in [2.45, 2.75) is 64.0 Å². The molecule has 108 valence electrons. The summed E-state index contributed by atoms with van der Waals surface area (Å²) >= 11 is 0. The van der Waals surface area contributed by atoms with Gasteiger partial charge in [0.2, 0.25) is 5.91 Å². The van der Waals surface area contributed by atoms with Gasteiger partial charge in [-0.25, -0.2) is 0 Å². The van der Waals surface area contributed by atoms with Gasteiger partial charge in [0.15, 0.2) is 0 Å². The lowest BCUT2D eigenvalue weighted by Gasteiger charge is -2.17. The monoisotopic (exact) mass is 278 g/mol. The summed E-state index contributed by atoms with van der Waals surface area (Å²) < 4.78 is 5.49. The second kappa shape index (κ2) is 10.6. The zero-order valence-corrected chi connectivity index (χ0v) is 12.1. The number of nitrogens with two attached hydrogens (primary N) is 1. The third-order valence-electron chi connectivity index (χ3n) is 3.27. The number of amides is 1. The molecule has 4 nitrogen and oxygen atoms in total. The molecule has 1 aliphatic heterocycles. The van der Waals surface area contributed by atoms with E-state index in [1.807, 2.05) is 0 Å². The Balaban J connectivity index is 0.00000289. The van der Waals surface area contributed by atoms with Gasteiger partial charge in [0, 0.05) is 25.6 Å². The number of unbranched alkanes of at least 4 members (excludes halogenated alkanes) is 1. The molecule has 0 aliphatic carbocycles. The SMILES string of the molecule is CCCCC(CN)NC(=O)CCC1CCCO1.Cl. The molecule has 18 heavy (non-hydrogen) atoms. The van der Waals surface area contributed by atoms with Crippen LogP contribution in [0.25, 0.3) is 0 Å². The third kappa shape index (κ3) is 7.19. The maximum Gasteiger partial charge on any atom is 0.220 e. The fourth-order valence-electron chi connectivity index (χ4n) is 2.16. The van der Waals surface area contributed by atoms with Crippen LogP contribution in [0.15, 0.2) is 0 Å². The second-order valence-corrected chi connectivity index (χ2v) is 4.82. The van der Waals surface area contributed by atoms with E-state index in [0.29, 0.717) is 19.1 Å². The van der Waals surface area contributed by atoms with Gasteiger partial charge in [-0.15, -0.1) is 12.4 Å². The summed E-state index contributed by atoms with van der Waals surface area (Å²) in [4.78, 5) is 11.7. The first-order valence-corrected chi connectivity index (χ1v) is 6.87. The van der Waals surface area contributed by atoms with E-state index in [1.54, 1.807) is 0 Å². The lowest BCUT2D eigenvalue weighted by Crippen LogP contribution is -2.40. The summed E-state index contributed by atoms with van der Waals surface area (Å²) in [6.07, 6.45) is 7.18. The Morgan fingerprint density at radius 3 is 2.89 bits per heavy atom. The van der Waals surface area contributed by atoms with E-state index in [2.05, 4.69) is 12.2 Å². The number of halogens is 1. The van der Waals surface area contributed by atoms with Gasteiger partial charge in [-0.05, 0) is 25.7 Å². The van der Waals surface area contributed by atoms with E-state index in [-0.39, 0.29) is 24.4 Å². The van der Waals surface area contributed by atoms with E-state index < -0.39 is 0 Å². The van der Waals surface area contributed by atoms with Gasteiger partial charge in [0.1, 0.15) is 0 Å². The minimum atomic E-state index is 0. The minimum absolute atomic E-state index is 0. The van der Waals surface area contributed by atoms with Gasteiger partial charge in [0.05, 0.1) is 6.10 Å². The second-order valence-electron chi connectivity index (χ2n) is 4.82. The van der Waals surface area contributed by atoms with Crippen LogP contribution in [0.3, 0.4) is 0 Å². The Labute approximate surface area is 116 Å². The van der Waals surface area contributed by atoms with Crippen LogP contribution < -0.4 is 11.1 Å². The van der Waals surface area contributed by atoms with Crippen molar-refractivity contribution in [2.24, 2.45) is 5.73 Å². The zero-order valence-electron chi connectivity index (χ0n) is 11.3. The van der Waals surface area contributed by atoms with Crippen molar-refractivity contribution < 1.29 is 9.53 Å². The van der Waals surface area contributed by atoms with Gasteiger partial charge in [-0.3, -0.25) is 4.79 Å². The smallest absolute Gasteiger partial charge is 0.220 e. The molecule has 2 atom stereocenters. The minimum Gasteiger partial charge on any atom is -0.378 e. The molecule has 0 aromatic carbocycles. The van der Waals surface area contributed by atoms with Crippen LogP contribution in [0.5, 0.6) is 0 Å². The fraction of sp³-hybridized carbons (Fsp3) is 0.923. The number of hydrogen-bond acceptors (Lipinski definition) is 3. The summed E-state index contributed by atoms with van der Waals surface area (Å²) in [5, 5.41) is 3.01. The lowest BCUT2D eigenvalue weighted by molar-refractivity contribution is -0.122. The average Bonchev–Trinajstić information content (AvgIpc) is 2.85. The molecule has 1 heterocycles. The van der Waals surface area contributed by atoms with Crippen molar-refractivity contribution >= 4 is 18.3 Å². The summed E-state index contributed by atoms with van der Waals surface area (Å²) in [6.45, 7) is 3.53. The first-order chi connectivity index (χ1) is 8.26. The topological polar surface area (TPSA) is 64.3 Å². The standard InChI is InChI=1S/C13H26N2O2.ClH/c1-2-3-5-11(10-14)15-13(16)8-7-12-6-4-9-17-12;/h11-12H,2-10,14H2,1H3,(H,15,16);1H. The maximum atomic E-state index is 11.7. The average molecular weight is 279 g/mol. The Kier molecular flexibility index (Phi) is 10.4. The van der Waals surface area contributed by atoms with Gasteiger partial charge in [-0.1, -0.05) is 19.8 Å². The van der Waals surface area contributed by atoms with Crippen molar-refractivity contribution in [1.82, 2.24) is 5.32 Å². The van der Waals surface area contributed by atoms with Crippen LogP contribution >= 0.6 is 12.4 Å². The third-order valence-corrected chi connectivity index (χ3v) is 3.27. The summed E-state index contributed by atoms with van der Waals surface area (Å²) in [6, 6.07) is 0.145. The summed E-state index contributed by atoms with van der Waals surface area (Å²) in [5.41, 5.74) is 5.64. The molecule has 0 spiro atoms. The maximum absolute atomic E-state index is 11.7. The normalized spacial score (nSPS) is 20.2. The summed E-state index contributed by atoms with van der Waals surface area (Å²) in [7, 11) is 0. The highest BCUT2D eigenvalue weighted by Gasteiger charge is 2.17. The molecule has 3 N–H and O–H groups in total. The Morgan fingerprint density at radius 1 is 1.56 bits per heavy atom. The number of carbonyl (C=O) groups excluding carboxylic acids is 1. The van der Waals surface area contributed by atoms with Crippen molar-refractivity contribution in [1.29, 1.82) is 0 Å². The molecule has 1 aliphatic rings. The molecular weight excluding hydrogens is 252 g/mol. The van der Waals surface area contributed by atoms with Crippen molar-refractivity contribution in [3.63, 3.8) is 0 Å². The van der Waals surface area contributed by atoms with E-state index in [4.69, 9.17) is 10.5 Å². The van der Waals surface area contributed by atoms with Crippen molar-refractivity contribution in [3.05, 3.63) is 0 Å². The predicted octanol–water partition coefficient (Wildman–Crippen LogP) is 2.00. The van der Waals surface area contributed by atoms with Gasteiger partial charge < -0.3 is 15.8 Å². The quantitative estimate of drug-likeness (QED) is 0.714. The molecule has 1 saturated heterocycles. The zero-order chi connectivity index (χ0) is 12.5. The Bertz CT molecular complexity index is 221. The molecule has 1 fully saturated rings. The first-order valence-electron chi connectivity index (χ1n) is 6.87. The van der Waals surface area contributed by atoms with Crippen LogP contribution in [-0.4, -0.2) is 31.2 Å². The molecule has 0 aromatic heterocycles. The highest BCUT2D eigenvalue weighted by Crippen LogP contribution is 2.16. The van der Waals surface area contributed by atoms with Crippen LogP contribution in [0, 0.1) is 0 Å². The lowest BCUT2D eigenvalue weighted by atomic mass is 10.1. The van der Waals surface area contributed by atoms with Crippen molar-refractivity contribution in [2.75, 3.05) is 13.2 Å². The van der Waals surface area contributed by atoms with E-state index in [0.717, 1.165) is 45.1 Å². The number of hydrogen-bond donors (Lipinski definition) is 2. The fourth-order valence-corrected chi connectivity index (χ4v) is 2.16. The molecule has 1 amide bonds.